The summed E-state index contributed by atoms with van der Waals surface area (Å²) in [4.78, 5) is 26.7. The first kappa shape index (κ1) is 24.6. The lowest BCUT2D eigenvalue weighted by Crippen LogP contribution is -2.44. The second-order valence-electron chi connectivity index (χ2n) is 9.14. The van der Waals surface area contributed by atoms with Crippen molar-refractivity contribution in [3.63, 3.8) is 0 Å². The van der Waals surface area contributed by atoms with Crippen LogP contribution in [0.15, 0.2) is 42.6 Å². The molecule has 5 rings (SSSR count). The summed E-state index contributed by atoms with van der Waals surface area (Å²) in [6.07, 6.45) is 5.33. The number of aliphatic hydroxyl groups is 1. The Morgan fingerprint density at radius 2 is 1.94 bits per heavy atom. The normalized spacial score (nSPS) is 17.6. The van der Waals surface area contributed by atoms with Crippen molar-refractivity contribution in [3.8, 4) is 10.4 Å². The van der Waals surface area contributed by atoms with Gasteiger partial charge in [0.2, 0.25) is 0 Å². The quantitative estimate of drug-likeness (QED) is 0.425. The molecule has 1 amide bonds. The summed E-state index contributed by atoms with van der Waals surface area (Å²) in [6.45, 7) is 4.74. The fraction of sp³-hybridized carbons (Fsp3) is 0.423. The number of ether oxygens (including phenoxy) is 1. The van der Waals surface area contributed by atoms with E-state index in [4.69, 9.17) is 10.5 Å². The van der Waals surface area contributed by atoms with Gasteiger partial charge in [-0.1, -0.05) is 6.07 Å². The number of thiophene rings is 1. The smallest absolute Gasteiger partial charge is 0.251 e. The second-order valence-corrected chi connectivity index (χ2v) is 10.2. The van der Waals surface area contributed by atoms with Gasteiger partial charge in [0.15, 0.2) is 0 Å². The molecule has 0 bridgehead atoms. The average Bonchev–Trinajstić information content (AvgIpc) is 3.34. The van der Waals surface area contributed by atoms with E-state index in [0.29, 0.717) is 49.1 Å². The molecule has 2 aliphatic rings. The summed E-state index contributed by atoms with van der Waals surface area (Å²) in [5, 5.41) is 14.5. The molecule has 3 aromatic heterocycles. The second kappa shape index (κ2) is 11.3. The van der Waals surface area contributed by atoms with Gasteiger partial charge in [0.1, 0.15) is 22.9 Å². The van der Waals surface area contributed by atoms with Crippen molar-refractivity contribution < 1.29 is 14.6 Å². The van der Waals surface area contributed by atoms with Crippen molar-refractivity contribution in [1.29, 1.82) is 0 Å². The molecule has 0 radical (unpaired) electrons. The number of primary amides is 1. The fourth-order valence-corrected chi connectivity index (χ4v) is 5.68. The number of hydrogen-bond donors (Lipinski definition) is 3. The number of rotatable bonds is 8. The van der Waals surface area contributed by atoms with E-state index >= 15 is 0 Å². The Morgan fingerprint density at radius 1 is 1.14 bits per heavy atom. The molecule has 1 atom stereocenters. The Kier molecular flexibility index (Phi) is 7.76. The van der Waals surface area contributed by atoms with Gasteiger partial charge >= 0.3 is 0 Å². The van der Waals surface area contributed by atoms with Gasteiger partial charge in [0, 0.05) is 54.9 Å². The molecule has 10 heteroatoms. The summed E-state index contributed by atoms with van der Waals surface area (Å²) < 4.78 is 5.36. The number of piperidine rings is 1. The van der Waals surface area contributed by atoms with Crippen LogP contribution in [0.5, 0.6) is 0 Å². The van der Waals surface area contributed by atoms with E-state index in [1.165, 1.54) is 30.6 Å². The Hall–Kier alpha value is -3.05. The summed E-state index contributed by atoms with van der Waals surface area (Å²) in [5.74, 6) is 1.08. The highest BCUT2D eigenvalue weighted by molar-refractivity contribution is 7.19. The molecule has 2 fully saturated rings. The van der Waals surface area contributed by atoms with Crippen LogP contribution >= 0.6 is 11.3 Å². The molecular weight excluding hydrogens is 476 g/mol. The lowest BCUT2D eigenvalue weighted by molar-refractivity contribution is -0.0579. The number of anilines is 3. The summed E-state index contributed by atoms with van der Waals surface area (Å²) >= 11 is 1.44. The van der Waals surface area contributed by atoms with Crippen LogP contribution in [-0.2, 0) is 11.2 Å². The Morgan fingerprint density at radius 3 is 2.67 bits per heavy atom. The zero-order chi connectivity index (χ0) is 24.9. The number of carbonyl (C=O) groups is 1. The van der Waals surface area contributed by atoms with Crippen molar-refractivity contribution in [2.45, 2.75) is 31.9 Å². The van der Waals surface area contributed by atoms with Crippen LogP contribution in [0.1, 0.15) is 35.3 Å². The predicted octanol–water partition coefficient (Wildman–Crippen LogP) is 3.23. The van der Waals surface area contributed by atoms with Gasteiger partial charge in [-0.2, -0.15) is 0 Å². The maximum atomic E-state index is 12.2. The Balaban J connectivity index is 1.31. The highest BCUT2D eigenvalue weighted by Crippen LogP contribution is 2.37. The third-order valence-electron chi connectivity index (χ3n) is 6.62. The molecule has 3 aromatic rings. The summed E-state index contributed by atoms with van der Waals surface area (Å²) in [5.41, 5.74) is 7.80. The van der Waals surface area contributed by atoms with Crippen molar-refractivity contribution >= 4 is 33.9 Å². The van der Waals surface area contributed by atoms with Crippen LogP contribution in [0.25, 0.3) is 10.4 Å². The number of nitrogens with two attached hydrogens (primary N) is 1. The molecule has 0 aromatic carbocycles. The summed E-state index contributed by atoms with van der Waals surface area (Å²) in [6, 6.07) is 11.5. The number of hydrogen-bond acceptors (Lipinski definition) is 9. The molecule has 4 N–H and O–H groups in total. The minimum Gasteiger partial charge on any atom is -0.379 e. The standard InChI is InChI=1S/C26H32N6O3S/c27-25(34)20-16-21(18-7-8-23(28-17-18)31-9-2-1-3-10-31)36-26(20)30-22-6-4-5-19(29-22)15-24(33)32-11-13-35-14-12-32/h4-8,16-17,24,33H,1-3,9-15H2,(H2,27,34)(H,29,30). The molecular formula is C26H32N6O3S. The lowest BCUT2D eigenvalue weighted by Gasteiger charge is -2.30. The van der Waals surface area contributed by atoms with Gasteiger partial charge in [0.25, 0.3) is 5.91 Å². The molecule has 2 aliphatic heterocycles. The first-order chi connectivity index (χ1) is 17.6. The maximum absolute atomic E-state index is 12.2. The first-order valence-electron chi connectivity index (χ1n) is 12.4. The number of amides is 1. The minimum atomic E-state index is -0.619. The number of aliphatic hydroxyl groups excluding tert-OH is 1. The molecule has 9 nitrogen and oxygen atoms in total. The third kappa shape index (κ3) is 5.84. The van der Waals surface area contributed by atoms with E-state index in [2.05, 4.69) is 20.2 Å². The maximum Gasteiger partial charge on any atom is 0.251 e. The van der Waals surface area contributed by atoms with E-state index < -0.39 is 12.1 Å². The van der Waals surface area contributed by atoms with E-state index in [1.54, 1.807) is 6.07 Å². The first-order valence-corrected chi connectivity index (χ1v) is 13.3. The van der Waals surface area contributed by atoms with Crippen LogP contribution < -0.4 is 16.0 Å². The zero-order valence-electron chi connectivity index (χ0n) is 20.2. The van der Waals surface area contributed by atoms with Gasteiger partial charge in [-0.05, 0) is 49.6 Å². The third-order valence-corrected chi connectivity index (χ3v) is 7.72. The molecule has 1 unspecified atom stereocenters. The molecule has 0 saturated carbocycles. The van der Waals surface area contributed by atoms with E-state index in [1.807, 2.05) is 41.4 Å². The average molecular weight is 509 g/mol. The van der Waals surface area contributed by atoms with Crippen LogP contribution in [-0.4, -0.2) is 71.5 Å². The number of nitrogens with one attached hydrogen (secondary N) is 1. The number of nitrogens with zero attached hydrogens (tertiary/aromatic N) is 4. The van der Waals surface area contributed by atoms with Gasteiger partial charge in [-0.15, -0.1) is 11.3 Å². The Bertz CT molecular complexity index is 1170. The van der Waals surface area contributed by atoms with Crippen molar-refractivity contribution in [2.24, 2.45) is 5.73 Å². The molecule has 0 spiro atoms. The van der Waals surface area contributed by atoms with Gasteiger partial charge in [-0.25, -0.2) is 9.97 Å². The number of aromatic nitrogens is 2. The van der Waals surface area contributed by atoms with Gasteiger partial charge < -0.3 is 25.8 Å². The highest BCUT2D eigenvalue weighted by atomic mass is 32.1. The Labute approximate surface area is 214 Å². The molecule has 0 aliphatic carbocycles. The van der Waals surface area contributed by atoms with E-state index in [9.17, 15) is 9.90 Å². The van der Waals surface area contributed by atoms with E-state index in [0.717, 1.165) is 35.0 Å². The van der Waals surface area contributed by atoms with Crippen molar-refractivity contribution in [3.05, 3.63) is 53.9 Å². The van der Waals surface area contributed by atoms with Crippen LogP contribution in [0, 0.1) is 0 Å². The van der Waals surface area contributed by atoms with Crippen molar-refractivity contribution in [2.75, 3.05) is 49.6 Å². The minimum absolute atomic E-state index is 0.406. The molecule has 5 heterocycles. The zero-order valence-corrected chi connectivity index (χ0v) is 21.0. The SMILES string of the molecule is NC(=O)c1cc(-c2ccc(N3CCCCC3)nc2)sc1Nc1cccc(CC(O)N2CCOCC2)n1. The topological polar surface area (TPSA) is 117 Å². The van der Waals surface area contributed by atoms with Crippen LogP contribution in [0.4, 0.5) is 16.6 Å². The lowest BCUT2D eigenvalue weighted by atomic mass is 10.1. The molecule has 190 valence electrons. The fourth-order valence-electron chi connectivity index (χ4n) is 4.62. The van der Waals surface area contributed by atoms with Gasteiger partial charge in [-0.3, -0.25) is 9.69 Å². The largest absolute Gasteiger partial charge is 0.379 e. The highest BCUT2D eigenvalue weighted by Gasteiger charge is 2.20. The van der Waals surface area contributed by atoms with Crippen LogP contribution in [0.2, 0.25) is 0 Å². The monoisotopic (exact) mass is 508 g/mol. The number of pyridine rings is 2. The number of morpholine rings is 1. The molecule has 2 saturated heterocycles. The van der Waals surface area contributed by atoms with E-state index in [-0.39, 0.29) is 0 Å². The molecule has 36 heavy (non-hydrogen) atoms. The summed E-state index contributed by atoms with van der Waals surface area (Å²) in [7, 11) is 0. The number of carbonyl (C=O) groups excluding carboxylic acids is 1. The predicted molar refractivity (Wildman–Crippen MR) is 142 cm³/mol. The van der Waals surface area contributed by atoms with Crippen molar-refractivity contribution in [1.82, 2.24) is 14.9 Å². The van der Waals surface area contributed by atoms with Crippen LogP contribution in [0.3, 0.4) is 0 Å². The van der Waals surface area contributed by atoms with Gasteiger partial charge in [0.05, 0.1) is 18.8 Å².